The van der Waals surface area contributed by atoms with E-state index in [1.54, 1.807) is 0 Å². The van der Waals surface area contributed by atoms with E-state index in [0.29, 0.717) is 25.9 Å². The number of carboxylic acids is 1. The van der Waals surface area contributed by atoms with Crippen molar-refractivity contribution in [3.8, 4) is 0 Å². The van der Waals surface area contributed by atoms with E-state index in [1.807, 2.05) is 13.8 Å². The van der Waals surface area contributed by atoms with Crippen LogP contribution >= 0.6 is 0 Å². The van der Waals surface area contributed by atoms with Crippen LogP contribution in [0.15, 0.2) is 0 Å². The van der Waals surface area contributed by atoms with Crippen LogP contribution in [0.1, 0.15) is 59.3 Å². The first-order valence-electron chi connectivity index (χ1n) is 10.5. The highest BCUT2D eigenvalue weighted by Crippen LogP contribution is 2.25. The van der Waals surface area contributed by atoms with Gasteiger partial charge in [0.15, 0.2) is 0 Å². The molecule has 0 aromatic rings. The van der Waals surface area contributed by atoms with Crippen LogP contribution in [-0.2, 0) is 19.1 Å². The van der Waals surface area contributed by atoms with Crippen LogP contribution in [0.3, 0.4) is 0 Å². The minimum absolute atomic E-state index is 0.198. The zero-order valence-corrected chi connectivity index (χ0v) is 17.6. The summed E-state index contributed by atoms with van der Waals surface area (Å²) in [7, 11) is 0. The number of nitrogens with zero attached hydrogens (tertiary/aromatic N) is 2. The Labute approximate surface area is 171 Å². The van der Waals surface area contributed by atoms with Crippen LogP contribution in [0.2, 0.25) is 0 Å². The average molecular weight is 411 g/mol. The van der Waals surface area contributed by atoms with Crippen molar-refractivity contribution in [2.24, 2.45) is 5.92 Å². The molecule has 2 saturated heterocycles. The van der Waals surface area contributed by atoms with E-state index in [1.165, 1.54) is 16.7 Å². The molecule has 2 aliphatic rings. The Kier molecular flexibility index (Phi) is 8.28. The summed E-state index contributed by atoms with van der Waals surface area (Å²) in [6.07, 6.45) is 3.71. The highest BCUT2D eigenvalue weighted by atomic mass is 16.6. The number of carbonyl (C=O) groups excluding carboxylic acids is 3. The molecule has 0 saturated carbocycles. The number of amides is 3. The van der Waals surface area contributed by atoms with Crippen molar-refractivity contribution in [1.29, 1.82) is 0 Å². The quantitative estimate of drug-likeness (QED) is 0.686. The summed E-state index contributed by atoms with van der Waals surface area (Å²) in [4.78, 5) is 52.5. The molecule has 3 amide bonds. The Morgan fingerprint density at radius 2 is 1.55 bits per heavy atom. The molecule has 9 heteroatoms. The minimum Gasteiger partial charge on any atom is -0.480 e. The second-order valence-corrected chi connectivity index (χ2v) is 8.29. The number of aliphatic carboxylic acids is 1. The van der Waals surface area contributed by atoms with Gasteiger partial charge in [-0.3, -0.25) is 19.3 Å². The van der Waals surface area contributed by atoms with E-state index >= 15 is 0 Å². The number of ether oxygens (including phenoxy) is 1. The second-order valence-electron chi connectivity index (χ2n) is 8.29. The Hall–Kier alpha value is -2.32. The van der Waals surface area contributed by atoms with Crippen molar-refractivity contribution in [2.45, 2.75) is 77.4 Å². The molecule has 0 spiro atoms. The van der Waals surface area contributed by atoms with E-state index in [-0.39, 0.29) is 18.4 Å². The molecule has 2 heterocycles. The number of carbonyl (C=O) groups is 4. The fourth-order valence-corrected chi connectivity index (χ4v) is 3.76. The zero-order chi connectivity index (χ0) is 21.6. The first-order chi connectivity index (χ1) is 13.7. The summed E-state index contributed by atoms with van der Waals surface area (Å²) in [5.74, 6) is -1.64. The molecule has 2 N–H and O–H groups in total. The molecule has 164 valence electrons. The lowest BCUT2D eigenvalue weighted by Crippen LogP contribution is -2.60. The SMILES string of the molecule is CC(C)COC(=O)N1CCCC[C@H]1C(=O)N1CCCC[C@H]1C(=O)N[C@@H](C)C(=O)O. The number of rotatable bonds is 6. The van der Waals surface area contributed by atoms with Crippen molar-refractivity contribution in [1.82, 2.24) is 15.1 Å². The van der Waals surface area contributed by atoms with Gasteiger partial charge in [-0.25, -0.2) is 4.79 Å². The first kappa shape index (κ1) is 23.0. The van der Waals surface area contributed by atoms with Gasteiger partial charge in [0.25, 0.3) is 0 Å². The van der Waals surface area contributed by atoms with Crippen molar-refractivity contribution in [3.05, 3.63) is 0 Å². The summed E-state index contributed by atoms with van der Waals surface area (Å²) < 4.78 is 5.34. The number of hydrogen-bond donors (Lipinski definition) is 2. The van der Waals surface area contributed by atoms with Gasteiger partial charge in [0.1, 0.15) is 18.1 Å². The largest absolute Gasteiger partial charge is 0.480 e. The summed E-state index contributed by atoms with van der Waals surface area (Å²) in [5, 5.41) is 11.5. The fraction of sp³-hybridized carbons (Fsp3) is 0.800. The fourth-order valence-electron chi connectivity index (χ4n) is 3.76. The number of nitrogens with one attached hydrogen (secondary N) is 1. The summed E-state index contributed by atoms with van der Waals surface area (Å²) in [6, 6.07) is -2.39. The maximum absolute atomic E-state index is 13.3. The molecular formula is C20H33N3O6. The van der Waals surface area contributed by atoms with Gasteiger partial charge in [0, 0.05) is 13.1 Å². The maximum Gasteiger partial charge on any atom is 0.410 e. The van der Waals surface area contributed by atoms with Gasteiger partial charge in [-0.2, -0.15) is 0 Å². The van der Waals surface area contributed by atoms with Crippen LogP contribution in [0.5, 0.6) is 0 Å². The lowest BCUT2D eigenvalue weighted by atomic mass is 9.96. The van der Waals surface area contributed by atoms with Gasteiger partial charge in [-0.1, -0.05) is 13.8 Å². The molecule has 0 aliphatic carbocycles. The topological polar surface area (TPSA) is 116 Å². The molecule has 0 unspecified atom stereocenters. The molecule has 2 rings (SSSR count). The van der Waals surface area contributed by atoms with Gasteiger partial charge < -0.3 is 20.1 Å². The summed E-state index contributed by atoms with van der Waals surface area (Å²) in [5.41, 5.74) is 0. The Morgan fingerprint density at radius 3 is 2.14 bits per heavy atom. The van der Waals surface area contributed by atoms with Crippen LogP contribution in [0, 0.1) is 5.92 Å². The Bertz CT molecular complexity index is 623. The van der Waals surface area contributed by atoms with Crippen LogP contribution in [-0.4, -0.2) is 76.6 Å². The monoisotopic (exact) mass is 411 g/mol. The maximum atomic E-state index is 13.3. The first-order valence-corrected chi connectivity index (χ1v) is 10.5. The number of hydrogen-bond acceptors (Lipinski definition) is 5. The van der Waals surface area contributed by atoms with Crippen molar-refractivity contribution in [3.63, 3.8) is 0 Å². The number of piperidine rings is 2. The van der Waals surface area contributed by atoms with E-state index in [0.717, 1.165) is 25.7 Å². The molecule has 2 aliphatic heterocycles. The highest BCUT2D eigenvalue weighted by molar-refractivity contribution is 5.93. The van der Waals surface area contributed by atoms with E-state index in [2.05, 4.69) is 5.32 Å². The van der Waals surface area contributed by atoms with Gasteiger partial charge in [0.05, 0.1) is 6.61 Å². The molecule has 3 atom stereocenters. The van der Waals surface area contributed by atoms with Crippen molar-refractivity contribution < 1.29 is 29.0 Å². The molecule has 0 aromatic heterocycles. The van der Waals surface area contributed by atoms with Crippen molar-refractivity contribution >= 4 is 23.9 Å². The standard InChI is InChI=1S/C20H33N3O6/c1-13(2)12-29-20(28)23-11-7-5-9-16(23)18(25)22-10-6-4-8-15(22)17(24)21-14(3)19(26)27/h13-16H,4-12H2,1-3H3,(H,21,24)(H,26,27)/t14-,15-,16-/m0/s1. The van der Waals surface area contributed by atoms with Crippen LogP contribution < -0.4 is 5.32 Å². The summed E-state index contributed by atoms with van der Waals surface area (Å²) >= 11 is 0. The number of carboxylic acid groups (broad SMARTS) is 1. The normalized spacial score (nSPS) is 23.4. The highest BCUT2D eigenvalue weighted by Gasteiger charge is 2.40. The van der Waals surface area contributed by atoms with Gasteiger partial charge in [-0.05, 0) is 51.4 Å². The zero-order valence-electron chi connectivity index (χ0n) is 17.6. The third-order valence-electron chi connectivity index (χ3n) is 5.38. The molecule has 29 heavy (non-hydrogen) atoms. The van der Waals surface area contributed by atoms with E-state index < -0.39 is 36.1 Å². The second kappa shape index (κ2) is 10.5. The molecule has 0 bridgehead atoms. The Morgan fingerprint density at radius 1 is 0.966 bits per heavy atom. The average Bonchev–Trinajstić information content (AvgIpc) is 2.71. The van der Waals surface area contributed by atoms with Crippen molar-refractivity contribution in [2.75, 3.05) is 19.7 Å². The number of likely N-dealkylation sites (tertiary alicyclic amines) is 2. The minimum atomic E-state index is -1.13. The lowest BCUT2D eigenvalue weighted by molar-refractivity contribution is -0.148. The third-order valence-corrected chi connectivity index (χ3v) is 5.38. The lowest BCUT2D eigenvalue weighted by Gasteiger charge is -2.41. The van der Waals surface area contributed by atoms with Gasteiger partial charge >= 0.3 is 12.1 Å². The van der Waals surface area contributed by atoms with Gasteiger partial charge in [0.2, 0.25) is 11.8 Å². The molecule has 2 fully saturated rings. The van der Waals surface area contributed by atoms with Crippen LogP contribution in [0.25, 0.3) is 0 Å². The third kappa shape index (κ3) is 6.08. The predicted molar refractivity (Wildman–Crippen MR) is 105 cm³/mol. The van der Waals surface area contributed by atoms with E-state index in [4.69, 9.17) is 9.84 Å². The smallest absolute Gasteiger partial charge is 0.410 e. The molecule has 9 nitrogen and oxygen atoms in total. The predicted octanol–water partition coefficient (Wildman–Crippen LogP) is 1.60. The van der Waals surface area contributed by atoms with Gasteiger partial charge in [-0.15, -0.1) is 0 Å². The molecular weight excluding hydrogens is 378 g/mol. The molecule has 0 aromatic carbocycles. The summed E-state index contributed by atoms with van der Waals surface area (Å²) in [6.45, 7) is 6.45. The van der Waals surface area contributed by atoms with Crippen LogP contribution in [0.4, 0.5) is 4.79 Å². The Balaban J connectivity index is 2.11. The van der Waals surface area contributed by atoms with E-state index in [9.17, 15) is 19.2 Å². The molecule has 0 radical (unpaired) electrons.